The molecule has 0 amide bonds. The molecule has 0 bridgehead atoms. The van der Waals surface area contributed by atoms with Gasteiger partial charge in [-0.3, -0.25) is 0 Å². The van der Waals surface area contributed by atoms with E-state index in [1.165, 1.54) is 22.0 Å². The van der Waals surface area contributed by atoms with Gasteiger partial charge < -0.3 is 0 Å². The third kappa shape index (κ3) is 11.5. The number of allylic oxidation sites excluding steroid dienone is 1. The standard InChI is InChI=1S/C24H32GeOSi.2C3H9Si/c1-23(2,3)24(26-27(4,5)6)17-21(19-13-9-7-10-14-19)22(18-25-24)20-15-11-8-12-16-20;2*1-4(2)3/h7-16H,17-18H2,1-6H3;2*1-3H3. The van der Waals surface area contributed by atoms with E-state index in [4.69, 9.17) is 4.43 Å². The van der Waals surface area contributed by atoms with Crippen LogP contribution in [0.1, 0.15) is 38.3 Å². The van der Waals surface area contributed by atoms with E-state index in [-0.39, 0.29) is 42.9 Å². The average Bonchev–Trinajstić information content (AvgIpc) is 2.72. The van der Waals surface area contributed by atoms with E-state index < -0.39 is 8.32 Å². The molecule has 0 spiro atoms. The fraction of sp³-hybridized carbons (Fsp3) is 0.533. The van der Waals surface area contributed by atoms with E-state index in [0.29, 0.717) is 0 Å². The summed E-state index contributed by atoms with van der Waals surface area (Å²) in [5, 5.41) is 1.19. The normalized spacial score (nSPS) is 18.6. The van der Waals surface area contributed by atoms with E-state index in [9.17, 15) is 0 Å². The van der Waals surface area contributed by atoms with Crippen molar-refractivity contribution in [3.63, 3.8) is 0 Å². The van der Waals surface area contributed by atoms with Crippen LogP contribution in [0.4, 0.5) is 0 Å². The molecule has 0 fully saturated rings. The minimum atomic E-state index is -1.65. The van der Waals surface area contributed by atoms with Crippen LogP contribution in [0.2, 0.25) is 64.2 Å². The smallest absolute Gasteiger partial charge is 0.0379 e. The summed E-state index contributed by atoms with van der Waals surface area (Å²) in [4.78, 5) is 0. The second-order valence-electron chi connectivity index (χ2n) is 12.5. The third-order valence-corrected chi connectivity index (χ3v) is 11.1. The zero-order valence-corrected chi connectivity index (χ0v) is 29.7. The van der Waals surface area contributed by atoms with Gasteiger partial charge >= 0.3 is 173 Å². The quantitative estimate of drug-likeness (QED) is 0.326. The summed E-state index contributed by atoms with van der Waals surface area (Å²) < 4.78 is 7.04. The fourth-order valence-electron chi connectivity index (χ4n) is 3.87. The van der Waals surface area contributed by atoms with Crippen molar-refractivity contribution < 1.29 is 4.43 Å². The van der Waals surface area contributed by atoms with Gasteiger partial charge in [-0.1, -0.05) is 39.3 Å². The number of hydrogen-bond acceptors (Lipinski definition) is 1. The summed E-state index contributed by atoms with van der Waals surface area (Å²) in [5.41, 5.74) is 5.92. The SMILES string of the molecule is CC(C)(C)[C]1(O[Si](C)(C)C)CC(c2ccccc2)=C(c2ccccc2)[CH2][Ge]1.C[Si](C)C.C[Si](C)C. The Bertz CT molecular complexity index is 885. The molecule has 0 saturated heterocycles. The van der Waals surface area contributed by atoms with Gasteiger partial charge in [0.25, 0.3) is 0 Å². The van der Waals surface area contributed by atoms with Crippen LogP contribution in [0.25, 0.3) is 11.1 Å². The average molecular weight is 584 g/mol. The third-order valence-electron chi connectivity index (χ3n) is 5.28. The summed E-state index contributed by atoms with van der Waals surface area (Å²) in [6, 6.07) is 21.9. The molecule has 0 N–H and O–H groups in total. The molecule has 1 heterocycles. The predicted molar refractivity (Wildman–Crippen MR) is 168 cm³/mol. The van der Waals surface area contributed by atoms with Crippen molar-refractivity contribution in [3.8, 4) is 0 Å². The van der Waals surface area contributed by atoms with E-state index in [2.05, 4.69) is 140 Å². The van der Waals surface area contributed by atoms with Crippen molar-refractivity contribution >= 4 is 52.5 Å². The van der Waals surface area contributed by atoms with Crippen LogP contribution in [0.3, 0.4) is 0 Å². The summed E-state index contributed by atoms with van der Waals surface area (Å²) in [7, 11) is -1.41. The molecule has 2 aromatic rings. The van der Waals surface area contributed by atoms with Gasteiger partial charge in [-0.25, -0.2) is 0 Å². The molecule has 1 unspecified atom stereocenters. The molecule has 0 aliphatic carbocycles. The summed E-state index contributed by atoms with van der Waals surface area (Å²) in [6.45, 7) is 27.8. The van der Waals surface area contributed by atoms with Gasteiger partial charge in [-0.05, 0) is 0 Å². The molecule has 1 aliphatic rings. The largest absolute Gasteiger partial charge is 0.0715 e. The Labute approximate surface area is 229 Å². The molecule has 0 aromatic heterocycles. The summed E-state index contributed by atoms with van der Waals surface area (Å²) in [5.74, 6) is 0. The van der Waals surface area contributed by atoms with Crippen LogP contribution in [-0.4, -0.2) is 45.8 Å². The van der Waals surface area contributed by atoms with Crippen LogP contribution in [0.5, 0.6) is 0 Å². The van der Waals surface area contributed by atoms with Gasteiger partial charge in [0.15, 0.2) is 0 Å². The Hall–Kier alpha value is -0.666. The first-order valence-corrected chi connectivity index (χ1v) is 24.8. The van der Waals surface area contributed by atoms with Crippen molar-refractivity contribution in [2.75, 3.05) is 0 Å². The summed E-state index contributed by atoms with van der Waals surface area (Å²) >= 11 is -0.289. The Kier molecular flexibility index (Phi) is 13.2. The molecule has 1 aliphatic heterocycles. The summed E-state index contributed by atoms with van der Waals surface area (Å²) in [6.07, 6.45) is 1.04. The number of benzene rings is 2. The number of rotatable bonds is 4. The van der Waals surface area contributed by atoms with Gasteiger partial charge in [-0.15, -0.1) is 0 Å². The zero-order chi connectivity index (χ0) is 26.9. The van der Waals surface area contributed by atoms with E-state index in [0.717, 1.165) is 6.42 Å². The van der Waals surface area contributed by atoms with Gasteiger partial charge in [0.2, 0.25) is 0 Å². The Balaban J connectivity index is 0.000000668. The Morgan fingerprint density at radius 3 is 1.43 bits per heavy atom. The maximum Gasteiger partial charge on any atom is 0.0379 e. The maximum absolute atomic E-state index is 7.03. The van der Waals surface area contributed by atoms with Gasteiger partial charge in [0, 0.05) is 17.6 Å². The van der Waals surface area contributed by atoms with Gasteiger partial charge in [0.05, 0.1) is 0 Å². The van der Waals surface area contributed by atoms with Gasteiger partial charge in [0.1, 0.15) is 0 Å². The van der Waals surface area contributed by atoms with Crippen molar-refractivity contribution in [1.29, 1.82) is 0 Å². The molecule has 1 nitrogen and oxygen atoms in total. The fourth-order valence-corrected chi connectivity index (χ4v) is 11.3. The molecular weight excluding hydrogens is 533 g/mol. The van der Waals surface area contributed by atoms with Crippen LogP contribution in [-0.2, 0) is 4.43 Å². The van der Waals surface area contributed by atoms with Crippen LogP contribution < -0.4 is 0 Å². The molecule has 35 heavy (non-hydrogen) atoms. The molecule has 3 rings (SSSR count). The molecular formula is C30H50GeOSi3. The topological polar surface area (TPSA) is 9.23 Å². The maximum atomic E-state index is 7.03. The van der Waals surface area contributed by atoms with Crippen molar-refractivity contribution in [3.05, 3.63) is 71.8 Å². The second kappa shape index (κ2) is 14.3. The molecule has 0 saturated carbocycles. The van der Waals surface area contributed by atoms with Crippen LogP contribution in [0.15, 0.2) is 60.7 Å². The van der Waals surface area contributed by atoms with Crippen molar-refractivity contribution in [2.24, 2.45) is 5.41 Å². The van der Waals surface area contributed by atoms with E-state index in [1.807, 2.05) is 0 Å². The molecule has 192 valence electrons. The van der Waals surface area contributed by atoms with Crippen LogP contribution >= 0.6 is 0 Å². The van der Waals surface area contributed by atoms with Crippen molar-refractivity contribution in [1.82, 2.24) is 0 Å². The number of hydrogen-bond donors (Lipinski definition) is 0. The molecule has 1 atom stereocenters. The Morgan fingerprint density at radius 2 is 1.09 bits per heavy atom. The van der Waals surface area contributed by atoms with Crippen LogP contribution in [0, 0.1) is 5.41 Å². The molecule has 5 heteroatoms. The van der Waals surface area contributed by atoms with Crippen molar-refractivity contribution in [2.45, 2.75) is 95.8 Å². The molecule has 4 radical (unpaired) electrons. The minimum absolute atomic E-state index is 0.0148. The van der Waals surface area contributed by atoms with E-state index in [1.54, 1.807) is 5.57 Å². The predicted octanol–water partition coefficient (Wildman–Crippen LogP) is 9.46. The first-order valence-electron chi connectivity index (χ1n) is 12.9. The second-order valence-corrected chi connectivity index (χ2v) is 26.1. The Morgan fingerprint density at radius 1 is 0.714 bits per heavy atom. The van der Waals surface area contributed by atoms with E-state index >= 15 is 0 Å². The first kappa shape index (κ1) is 32.4. The monoisotopic (exact) mass is 584 g/mol. The van der Waals surface area contributed by atoms with Gasteiger partial charge in [-0.2, -0.15) is 0 Å². The molecule has 2 aromatic carbocycles. The first-order chi connectivity index (χ1) is 16.1. The zero-order valence-electron chi connectivity index (χ0n) is 24.6. The minimum Gasteiger partial charge on any atom is -0.0715 e.